The Morgan fingerprint density at radius 3 is 3.14 bits per heavy atom. The molecule has 1 amide bonds. The average Bonchev–Trinajstić information content (AvgIpc) is 2.65. The maximum atomic E-state index is 12.2. The predicted molar refractivity (Wildman–Crippen MR) is 79.3 cm³/mol. The molecule has 2 saturated heterocycles. The van der Waals surface area contributed by atoms with E-state index in [1.807, 2.05) is 24.3 Å². The van der Waals surface area contributed by atoms with Gasteiger partial charge >= 0.3 is 6.09 Å². The summed E-state index contributed by atoms with van der Waals surface area (Å²) in [5.41, 5.74) is 0.773. The standard InChI is InChI=1S/C16H22N2O3/c1-20-14-5-2-4-13(10-14)11-18-12-16(21-15(18)19)6-3-8-17-9-7-16/h2,4-5,10,17H,3,6-9,11-12H2,1H3. The van der Waals surface area contributed by atoms with E-state index < -0.39 is 0 Å². The molecule has 1 aromatic rings. The van der Waals surface area contributed by atoms with Crippen LogP contribution in [-0.4, -0.2) is 43.3 Å². The first-order chi connectivity index (χ1) is 10.2. The molecule has 1 unspecified atom stereocenters. The van der Waals surface area contributed by atoms with E-state index in [0.29, 0.717) is 13.1 Å². The molecule has 5 heteroatoms. The second kappa shape index (κ2) is 5.93. The summed E-state index contributed by atoms with van der Waals surface area (Å²) in [5.74, 6) is 0.813. The maximum absolute atomic E-state index is 12.2. The molecule has 0 bridgehead atoms. The quantitative estimate of drug-likeness (QED) is 0.927. The van der Waals surface area contributed by atoms with E-state index in [0.717, 1.165) is 43.7 Å². The predicted octanol–water partition coefficient (Wildman–Crippen LogP) is 2.16. The Hall–Kier alpha value is -1.75. The molecule has 2 aliphatic heterocycles. The molecule has 1 N–H and O–H groups in total. The van der Waals surface area contributed by atoms with Crippen LogP contribution in [0.25, 0.3) is 0 Å². The van der Waals surface area contributed by atoms with Gasteiger partial charge < -0.3 is 14.8 Å². The highest BCUT2D eigenvalue weighted by atomic mass is 16.6. The first kappa shape index (κ1) is 14.2. The van der Waals surface area contributed by atoms with E-state index in [1.54, 1.807) is 12.0 Å². The Balaban J connectivity index is 1.69. The minimum absolute atomic E-state index is 0.195. The van der Waals surface area contributed by atoms with Gasteiger partial charge in [-0.1, -0.05) is 12.1 Å². The van der Waals surface area contributed by atoms with E-state index in [9.17, 15) is 4.79 Å². The summed E-state index contributed by atoms with van der Waals surface area (Å²) >= 11 is 0. The molecule has 2 fully saturated rings. The SMILES string of the molecule is COc1cccc(CN2CC3(CCCNCC3)OC2=O)c1. The van der Waals surface area contributed by atoms with E-state index in [1.165, 1.54) is 0 Å². The summed E-state index contributed by atoms with van der Waals surface area (Å²) < 4.78 is 11.0. The molecule has 0 radical (unpaired) electrons. The van der Waals surface area contributed by atoms with Gasteiger partial charge in [0.1, 0.15) is 11.4 Å². The highest BCUT2D eigenvalue weighted by Crippen LogP contribution is 2.32. The van der Waals surface area contributed by atoms with Gasteiger partial charge in [0.05, 0.1) is 13.7 Å². The van der Waals surface area contributed by atoms with Crippen LogP contribution in [0.2, 0.25) is 0 Å². The molecule has 1 aromatic carbocycles. The molecule has 1 atom stereocenters. The fourth-order valence-corrected chi connectivity index (χ4v) is 3.17. The van der Waals surface area contributed by atoms with Crippen molar-refractivity contribution in [2.75, 3.05) is 26.7 Å². The summed E-state index contributed by atoms with van der Waals surface area (Å²) in [4.78, 5) is 14.0. The van der Waals surface area contributed by atoms with E-state index in [4.69, 9.17) is 9.47 Å². The molecule has 0 aliphatic carbocycles. The molecule has 3 rings (SSSR count). The van der Waals surface area contributed by atoms with Crippen LogP contribution in [-0.2, 0) is 11.3 Å². The molecule has 21 heavy (non-hydrogen) atoms. The second-order valence-corrected chi connectivity index (χ2v) is 5.86. The van der Waals surface area contributed by atoms with Crippen molar-refractivity contribution >= 4 is 6.09 Å². The van der Waals surface area contributed by atoms with Crippen molar-refractivity contribution in [1.82, 2.24) is 10.2 Å². The van der Waals surface area contributed by atoms with Crippen LogP contribution in [0.5, 0.6) is 5.75 Å². The van der Waals surface area contributed by atoms with Crippen molar-refractivity contribution in [3.8, 4) is 5.75 Å². The zero-order valence-corrected chi connectivity index (χ0v) is 12.4. The molecule has 0 aromatic heterocycles. The molecular formula is C16H22N2O3. The fourth-order valence-electron chi connectivity index (χ4n) is 3.17. The van der Waals surface area contributed by atoms with Crippen molar-refractivity contribution in [2.24, 2.45) is 0 Å². The largest absolute Gasteiger partial charge is 0.497 e. The highest BCUT2D eigenvalue weighted by molar-refractivity contribution is 5.70. The molecule has 1 spiro atoms. The van der Waals surface area contributed by atoms with Crippen molar-refractivity contribution < 1.29 is 14.3 Å². The maximum Gasteiger partial charge on any atom is 0.410 e. The van der Waals surface area contributed by atoms with Gasteiger partial charge in [0.25, 0.3) is 0 Å². The zero-order chi connectivity index (χ0) is 14.7. The number of nitrogens with one attached hydrogen (secondary N) is 1. The van der Waals surface area contributed by atoms with Gasteiger partial charge in [-0.25, -0.2) is 4.79 Å². The summed E-state index contributed by atoms with van der Waals surface area (Å²) in [6.45, 7) is 3.19. The topological polar surface area (TPSA) is 50.8 Å². The monoisotopic (exact) mass is 290 g/mol. The lowest BCUT2D eigenvalue weighted by molar-refractivity contribution is 0.0469. The third kappa shape index (κ3) is 3.13. The number of ether oxygens (including phenoxy) is 2. The smallest absolute Gasteiger partial charge is 0.410 e. The number of benzene rings is 1. The first-order valence-corrected chi connectivity index (χ1v) is 7.52. The summed E-state index contributed by atoms with van der Waals surface area (Å²) in [6, 6.07) is 7.83. The number of carbonyl (C=O) groups excluding carboxylic acids is 1. The average molecular weight is 290 g/mol. The lowest BCUT2D eigenvalue weighted by Gasteiger charge is -2.24. The summed E-state index contributed by atoms with van der Waals surface area (Å²) in [7, 11) is 1.65. The van der Waals surface area contributed by atoms with Crippen LogP contribution < -0.4 is 10.1 Å². The lowest BCUT2D eigenvalue weighted by Crippen LogP contribution is -2.35. The van der Waals surface area contributed by atoms with Gasteiger partial charge in [0, 0.05) is 13.0 Å². The Bertz CT molecular complexity index is 510. The van der Waals surface area contributed by atoms with Crippen LogP contribution in [0.3, 0.4) is 0 Å². The van der Waals surface area contributed by atoms with E-state index in [-0.39, 0.29) is 11.7 Å². The first-order valence-electron chi connectivity index (χ1n) is 7.52. The van der Waals surface area contributed by atoms with Gasteiger partial charge in [-0.3, -0.25) is 4.90 Å². The molecule has 2 heterocycles. The number of methoxy groups -OCH3 is 1. The summed E-state index contributed by atoms with van der Waals surface area (Å²) in [5, 5.41) is 3.37. The van der Waals surface area contributed by atoms with Gasteiger partial charge in [-0.05, 0) is 43.6 Å². The van der Waals surface area contributed by atoms with Gasteiger partial charge in [-0.15, -0.1) is 0 Å². The van der Waals surface area contributed by atoms with Crippen molar-refractivity contribution in [3.63, 3.8) is 0 Å². The molecule has 0 saturated carbocycles. The second-order valence-electron chi connectivity index (χ2n) is 5.86. The highest BCUT2D eigenvalue weighted by Gasteiger charge is 2.44. The minimum Gasteiger partial charge on any atom is -0.497 e. The van der Waals surface area contributed by atoms with Gasteiger partial charge in [0.2, 0.25) is 0 Å². The van der Waals surface area contributed by atoms with Gasteiger partial charge in [-0.2, -0.15) is 0 Å². The lowest BCUT2D eigenvalue weighted by atomic mass is 9.95. The number of nitrogens with zero attached hydrogens (tertiary/aromatic N) is 1. The molecule has 114 valence electrons. The Kier molecular flexibility index (Phi) is 4.01. The van der Waals surface area contributed by atoms with Crippen molar-refractivity contribution in [1.29, 1.82) is 0 Å². The van der Waals surface area contributed by atoms with E-state index >= 15 is 0 Å². The normalized spacial score (nSPS) is 25.8. The number of hydrogen-bond donors (Lipinski definition) is 1. The fraction of sp³-hybridized carbons (Fsp3) is 0.562. The summed E-state index contributed by atoms with van der Waals surface area (Å²) in [6.07, 6.45) is 2.70. The molecular weight excluding hydrogens is 268 g/mol. The van der Waals surface area contributed by atoms with Crippen LogP contribution in [0.15, 0.2) is 24.3 Å². The molecule has 5 nitrogen and oxygen atoms in total. The minimum atomic E-state index is -0.292. The number of rotatable bonds is 3. The number of carbonyl (C=O) groups is 1. The Morgan fingerprint density at radius 1 is 1.38 bits per heavy atom. The number of hydrogen-bond acceptors (Lipinski definition) is 4. The number of amides is 1. The Morgan fingerprint density at radius 2 is 2.29 bits per heavy atom. The van der Waals surface area contributed by atoms with Crippen LogP contribution >= 0.6 is 0 Å². The van der Waals surface area contributed by atoms with Crippen LogP contribution in [0, 0.1) is 0 Å². The third-order valence-corrected chi connectivity index (χ3v) is 4.29. The Labute approximate surface area is 125 Å². The van der Waals surface area contributed by atoms with Gasteiger partial charge in [0.15, 0.2) is 0 Å². The van der Waals surface area contributed by atoms with E-state index in [2.05, 4.69) is 5.32 Å². The molecule has 2 aliphatic rings. The van der Waals surface area contributed by atoms with Crippen molar-refractivity contribution in [2.45, 2.75) is 31.4 Å². The van der Waals surface area contributed by atoms with Crippen LogP contribution in [0.4, 0.5) is 4.79 Å². The zero-order valence-electron chi connectivity index (χ0n) is 12.4. The third-order valence-electron chi connectivity index (χ3n) is 4.29. The van der Waals surface area contributed by atoms with Crippen molar-refractivity contribution in [3.05, 3.63) is 29.8 Å². The van der Waals surface area contributed by atoms with Crippen LogP contribution in [0.1, 0.15) is 24.8 Å².